The Kier molecular flexibility index (Phi) is 5.10. The highest BCUT2D eigenvalue weighted by molar-refractivity contribution is 5.92. The van der Waals surface area contributed by atoms with Gasteiger partial charge in [0.15, 0.2) is 5.65 Å². The molecule has 0 atom stereocenters. The Labute approximate surface area is 182 Å². The summed E-state index contributed by atoms with van der Waals surface area (Å²) in [6.07, 6.45) is 5.01. The first-order chi connectivity index (χ1) is 15.1. The zero-order valence-electron chi connectivity index (χ0n) is 18.4. The number of pyridine rings is 1. The molecule has 5 rings (SSSR count). The fourth-order valence-electron chi connectivity index (χ4n) is 5.14. The van der Waals surface area contributed by atoms with Gasteiger partial charge < -0.3 is 9.78 Å². The summed E-state index contributed by atoms with van der Waals surface area (Å²) in [6, 6.07) is 11.1. The fraction of sp³-hybridized carbons (Fsp3) is 0.400. The first-order valence-electron chi connectivity index (χ1n) is 11.2. The molecule has 4 heterocycles. The van der Waals surface area contributed by atoms with E-state index >= 15 is 0 Å². The summed E-state index contributed by atoms with van der Waals surface area (Å²) in [4.78, 5) is 16.8. The minimum absolute atomic E-state index is 0.393. The summed E-state index contributed by atoms with van der Waals surface area (Å²) in [5, 5.41) is 9.55. The molecule has 0 bridgehead atoms. The van der Waals surface area contributed by atoms with Crippen LogP contribution in [0.25, 0.3) is 27.8 Å². The number of fused-ring (bicyclic) bond motifs is 2. The molecule has 31 heavy (non-hydrogen) atoms. The highest BCUT2D eigenvalue weighted by Gasteiger charge is 2.23. The predicted octanol–water partition coefficient (Wildman–Crippen LogP) is 4.69. The molecule has 1 aliphatic heterocycles. The Morgan fingerprint density at radius 1 is 1.19 bits per heavy atom. The number of hydrogen-bond acceptors (Lipinski definition) is 4. The van der Waals surface area contributed by atoms with E-state index in [9.17, 15) is 4.79 Å². The second-order valence-electron chi connectivity index (χ2n) is 9.01. The van der Waals surface area contributed by atoms with Gasteiger partial charge in [0.2, 0.25) is 0 Å². The summed E-state index contributed by atoms with van der Waals surface area (Å²) in [5.74, 6) is 0.949. The molecule has 1 saturated heterocycles. The standard InChI is InChI=1S/C25H29N5O/c1-16(2)24-21-14-19(18-8-10-29(11-9-18)12-13-31)4-6-22(21)27-25(24)20-5-7-23-28-26-15-30(23)17(20)3/h4-7,13-16,18,27H,8-12H2,1-3H3. The van der Waals surface area contributed by atoms with E-state index in [1.807, 2.05) is 10.5 Å². The smallest absolute Gasteiger partial charge is 0.160 e. The number of rotatable bonds is 5. The third-order valence-corrected chi connectivity index (χ3v) is 6.83. The molecule has 0 amide bonds. The van der Waals surface area contributed by atoms with Crippen LogP contribution in [0.15, 0.2) is 36.7 Å². The highest BCUT2D eigenvalue weighted by atomic mass is 16.1. The van der Waals surface area contributed by atoms with Gasteiger partial charge in [0.05, 0.1) is 12.2 Å². The molecule has 1 aliphatic rings. The van der Waals surface area contributed by atoms with Crippen LogP contribution < -0.4 is 0 Å². The average Bonchev–Trinajstić information content (AvgIpc) is 3.39. The number of benzene rings is 1. The number of aldehydes is 1. The number of likely N-dealkylation sites (tertiary alicyclic amines) is 1. The Morgan fingerprint density at radius 2 is 2.00 bits per heavy atom. The molecule has 160 valence electrons. The molecule has 1 fully saturated rings. The first kappa shape index (κ1) is 19.9. The maximum Gasteiger partial charge on any atom is 0.160 e. The second-order valence-corrected chi connectivity index (χ2v) is 9.01. The molecule has 0 spiro atoms. The lowest BCUT2D eigenvalue weighted by atomic mass is 9.87. The van der Waals surface area contributed by atoms with Crippen molar-refractivity contribution >= 4 is 22.8 Å². The minimum Gasteiger partial charge on any atom is -0.354 e. The molecule has 0 saturated carbocycles. The van der Waals surface area contributed by atoms with Gasteiger partial charge in [-0.25, -0.2) is 0 Å². The minimum atomic E-state index is 0.393. The van der Waals surface area contributed by atoms with Crippen LogP contribution >= 0.6 is 0 Å². The molecule has 6 nitrogen and oxygen atoms in total. The Morgan fingerprint density at radius 3 is 2.74 bits per heavy atom. The number of aryl methyl sites for hydroxylation is 1. The van der Waals surface area contributed by atoms with E-state index in [1.54, 1.807) is 6.33 Å². The van der Waals surface area contributed by atoms with E-state index in [1.165, 1.54) is 33.3 Å². The second kappa shape index (κ2) is 7.93. The molecule has 3 aromatic heterocycles. The van der Waals surface area contributed by atoms with Gasteiger partial charge in [-0.1, -0.05) is 19.9 Å². The predicted molar refractivity (Wildman–Crippen MR) is 124 cm³/mol. The molecule has 4 aromatic rings. The number of carbonyl (C=O) groups is 1. The number of nitrogens with one attached hydrogen (secondary N) is 1. The lowest BCUT2D eigenvalue weighted by Crippen LogP contribution is -2.34. The van der Waals surface area contributed by atoms with E-state index in [4.69, 9.17) is 0 Å². The maximum atomic E-state index is 10.8. The SMILES string of the molecule is Cc1c(-c2[nH]c3ccc(C4CCN(CC=O)CC4)cc3c2C(C)C)ccc2nncn12. The first-order valence-corrected chi connectivity index (χ1v) is 11.2. The summed E-state index contributed by atoms with van der Waals surface area (Å²) in [6.45, 7) is 9.21. The van der Waals surface area contributed by atoms with Crippen LogP contribution in [0.4, 0.5) is 0 Å². The van der Waals surface area contributed by atoms with Crippen molar-refractivity contribution in [2.45, 2.75) is 45.4 Å². The lowest BCUT2D eigenvalue weighted by molar-refractivity contribution is -0.109. The number of aromatic nitrogens is 4. The van der Waals surface area contributed by atoms with Gasteiger partial charge in [-0.2, -0.15) is 0 Å². The van der Waals surface area contributed by atoms with Gasteiger partial charge in [-0.3, -0.25) is 9.30 Å². The van der Waals surface area contributed by atoms with Crippen LogP contribution in [0, 0.1) is 6.92 Å². The van der Waals surface area contributed by atoms with Crippen LogP contribution in [-0.4, -0.2) is 50.4 Å². The van der Waals surface area contributed by atoms with Gasteiger partial charge in [-0.05, 0) is 80.1 Å². The molecular weight excluding hydrogens is 386 g/mol. The summed E-state index contributed by atoms with van der Waals surface area (Å²) >= 11 is 0. The number of hydrogen-bond donors (Lipinski definition) is 1. The van der Waals surface area contributed by atoms with Crippen LogP contribution in [0.5, 0.6) is 0 Å². The lowest BCUT2D eigenvalue weighted by Gasteiger charge is -2.30. The molecule has 6 heteroatoms. The van der Waals surface area contributed by atoms with Crippen molar-refractivity contribution in [3.63, 3.8) is 0 Å². The van der Waals surface area contributed by atoms with Gasteiger partial charge in [0.25, 0.3) is 0 Å². The average molecular weight is 416 g/mol. The van der Waals surface area contributed by atoms with Crippen LogP contribution in [0.1, 0.15) is 55.3 Å². The normalized spacial score (nSPS) is 16.0. The third-order valence-electron chi connectivity index (χ3n) is 6.83. The van der Waals surface area contributed by atoms with E-state index in [0.717, 1.165) is 43.6 Å². The van der Waals surface area contributed by atoms with Gasteiger partial charge in [0.1, 0.15) is 12.6 Å². The van der Waals surface area contributed by atoms with Crippen LogP contribution in [-0.2, 0) is 4.79 Å². The monoisotopic (exact) mass is 415 g/mol. The quantitative estimate of drug-likeness (QED) is 0.480. The number of aromatic amines is 1. The Bertz CT molecular complexity index is 1240. The molecule has 1 aromatic carbocycles. The van der Waals surface area contributed by atoms with Gasteiger partial charge in [-0.15, -0.1) is 10.2 Å². The maximum absolute atomic E-state index is 10.8. The fourth-order valence-corrected chi connectivity index (χ4v) is 5.14. The zero-order valence-corrected chi connectivity index (χ0v) is 18.4. The van der Waals surface area contributed by atoms with Crippen molar-refractivity contribution in [1.82, 2.24) is 24.5 Å². The van der Waals surface area contributed by atoms with E-state index in [-0.39, 0.29) is 0 Å². The van der Waals surface area contributed by atoms with Crippen molar-refractivity contribution in [3.05, 3.63) is 53.5 Å². The van der Waals surface area contributed by atoms with E-state index in [2.05, 4.69) is 65.1 Å². The highest BCUT2D eigenvalue weighted by Crippen LogP contribution is 2.39. The van der Waals surface area contributed by atoms with Crippen molar-refractivity contribution < 1.29 is 4.79 Å². The largest absolute Gasteiger partial charge is 0.354 e. The molecule has 0 unspecified atom stereocenters. The van der Waals surface area contributed by atoms with Crippen molar-refractivity contribution in [1.29, 1.82) is 0 Å². The Hall–Kier alpha value is -2.99. The number of nitrogens with zero attached hydrogens (tertiary/aromatic N) is 4. The number of carbonyl (C=O) groups excluding carboxylic acids is 1. The van der Waals surface area contributed by atoms with Crippen molar-refractivity contribution in [2.24, 2.45) is 0 Å². The van der Waals surface area contributed by atoms with Gasteiger partial charge >= 0.3 is 0 Å². The molecular formula is C25H29N5O. The summed E-state index contributed by atoms with van der Waals surface area (Å²) in [5.41, 5.74) is 8.35. The van der Waals surface area contributed by atoms with E-state index < -0.39 is 0 Å². The number of piperidine rings is 1. The van der Waals surface area contributed by atoms with Crippen LogP contribution in [0.2, 0.25) is 0 Å². The topological polar surface area (TPSA) is 66.3 Å². The molecule has 0 aliphatic carbocycles. The molecule has 1 N–H and O–H groups in total. The summed E-state index contributed by atoms with van der Waals surface area (Å²) in [7, 11) is 0. The number of H-pyrrole nitrogens is 1. The third kappa shape index (κ3) is 3.45. The molecule has 0 radical (unpaired) electrons. The van der Waals surface area contributed by atoms with Crippen molar-refractivity contribution in [2.75, 3.05) is 19.6 Å². The summed E-state index contributed by atoms with van der Waals surface area (Å²) < 4.78 is 2.05. The van der Waals surface area contributed by atoms with Gasteiger partial charge in [0, 0.05) is 22.2 Å². The van der Waals surface area contributed by atoms with Crippen molar-refractivity contribution in [3.8, 4) is 11.3 Å². The Balaban J connectivity index is 1.57. The zero-order chi connectivity index (χ0) is 21.5. The van der Waals surface area contributed by atoms with E-state index in [0.29, 0.717) is 18.4 Å². The van der Waals surface area contributed by atoms with Crippen LogP contribution in [0.3, 0.4) is 0 Å².